The standard InChI is InChI=1S/C25H36O5/c1-4-7-12-19(5-2)13-11-14-20-17-18-22(26)21(20)15-9-8-10-16-23(27)24(28)25(29)30-6-3/h2,8-9,11,14,19-21,24,28H,4,6-7,10,12-13,15-18H2,1,3H3/t19-,20-,21+,24?/m0/s1. The minimum absolute atomic E-state index is 0.0294. The van der Waals surface area contributed by atoms with Crippen LogP contribution in [0.4, 0.5) is 0 Å². The topological polar surface area (TPSA) is 80.7 Å². The Morgan fingerprint density at radius 1 is 1.30 bits per heavy atom. The molecule has 0 aliphatic heterocycles. The molecule has 0 saturated heterocycles. The van der Waals surface area contributed by atoms with Crippen LogP contribution in [0.3, 0.4) is 0 Å². The highest BCUT2D eigenvalue weighted by molar-refractivity contribution is 6.01. The van der Waals surface area contributed by atoms with Crippen molar-refractivity contribution >= 4 is 17.5 Å². The monoisotopic (exact) mass is 416 g/mol. The maximum atomic E-state index is 12.2. The normalized spacial score (nSPS) is 21.1. The van der Waals surface area contributed by atoms with Crippen LogP contribution in [0.1, 0.15) is 71.6 Å². The summed E-state index contributed by atoms with van der Waals surface area (Å²) in [6, 6.07) is 0. The van der Waals surface area contributed by atoms with Crippen molar-refractivity contribution in [3.8, 4) is 12.3 Å². The van der Waals surface area contributed by atoms with Crippen LogP contribution in [-0.2, 0) is 19.1 Å². The molecule has 0 heterocycles. The fourth-order valence-corrected chi connectivity index (χ4v) is 3.68. The lowest BCUT2D eigenvalue weighted by molar-refractivity contribution is -0.157. The molecule has 0 radical (unpaired) electrons. The first-order valence-corrected chi connectivity index (χ1v) is 11.1. The quantitative estimate of drug-likeness (QED) is 0.199. The first-order valence-electron chi connectivity index (χ1n) is 11.1. The van der Waals surface area contributed by atoms with E-state index in [1.807, 2.05) is 12.2 Å². The van der Waals surface area contributed by atoms with Crippen LogP contribution in [0.25, 0.3) is 0 Å². The molecule has 1 unspecified atom stereocenters. The summed E-state index contributed by atoms with van der Waals surface area (Å²) in [6.45, 7) is 3.89. The molecule has 1 aliphatic rings. The van der Waals surface area contributed by atoms with Gasteiger partial charge in [0.1, 0.15) is 5.78 Å². The number of esters is 1. The fraction of sp³-hybridized carbons (Fsp3) is 0.640. The smallest absolute Gasteiger partial charge is 0.342 e. The van der Waals surface area contributed by atoms with Gasteiger partial charge in [-0.25, -0.2) is 4.79 Å². The van der Waals surface area contributed by atoms with Crippen molar-refractivity contribution in [1.82, 2.24) is 0 Å². The molecule has 0 aromatic rings. The predicted molar refractivity (Wildman–Crippen MR) is 117 cm³/mol. The number of Topliss-reactive ketones (excluding diaryl/α,β-unsaturated/α-hetero) is 2. The number of terminal acetylenes is 1. The Morgan fingerprint density at radius 2 is 2.07 bits per heavy atom. The maximum absolute atomic E-state index is 12.2. The van der Waals surface area contributed by atoms with Crippen molar-refractivity contribution in [2.45, 2.75) is 77.7 Å². The second kappa shape index (κ2) is 14.7. The summed E-state index contributed by atoms with van der Waals surface area (Å²) >= 11 is 0. The summed E-state index contributed by atoms with van der Waals surface area (Å²) in [4.78, 5) is 35.4. The summed E-state index contributed by atoms with van der Waals surface area (Å²) in [6.07, 6.45) is 18.7. The average molecular weight is 417 g/mol. The summed E-state index contributed by atoms with van der Waals surface area (Å²) < 4.78 is 4.63. The van der Waals surface area contributed by atoms with Gasteiger partial charge in [0.05, 0.1) is 6.61 Å². The Morgan fingerprint density at radius 3 is 2.73 bits per heavy atom. The van der Waals surface area contributed by atoms with E-state index >= 15 is 0 Å². The van der Waals surface area contributed by atoms with Gasteiger partial charge in [-0.1, -0.05) is 44.1 Å². The Labute approximate surface area is 181 Å². The Bertz CT molecular complexity index is 655. The molecule has 30 heavy (non-hydrogen) atoms. The number of rotatable bonds is 14. The van der Waals surface area contributed by atoms with Crippen molar-refractivity contribution in [3.05, 3.63) is 24.3 Å². The van der Waals surface area contributed by atoms with E-state index in [0.29, 0.717) is 19.3 Å². The van der Waals surface area contributed by atoms with Gasteiger partial charge in [0.2, 0.25) is 6.10 Å². The number of aliphatic hydroxyl groups excluding tert-OH is 1. The highest BCUT2D eigenvalue weighted by Crippen LogP contribution is 2.33. The predicted octanol–water partition coefficient (Wildman–Crippen LogP) is 4.19. The number of hydrogen-bond donors (Lipinski definition) is 1. The minimum atomic E-state index is -1.71. The number of hydrogen-bond acceptors (Lipinski definition) is 5. The minimum Gasteiger partial charge on any atom is -0.464 e. The van der Waals surface area contributed by atoms with Crippen LogP contribution in [0.15, 0.2) is 24.3 Å². The van der Waals surface area contributed by atoms with Gasteiger partial charge in [-0.05, 0) is 44.9 Å². The second-order valence-corrected chi connectivity index (χ2v) is 7.81. The van der Waals surface area contributed by atoms with E-state index in [1.54, 1.807) is 6.92 Å². The van der Waals surface area contributed by atoms with E-state index in [9.17, 15) is 19.5 Å². The van der Waals surface area contributed by atoms with Gasteiger partial charge < -0.3 is 9.84 Å². The molecule has 1 aliphatic carbocycles. The summed E-state index contributed by atoms with van der Waals surface area (Å²) in [7, 11) is 0. The molecule has 0 amide bonds. The first kappa shape index (κ1) is 25.8. The molecule has 0 spiro atoms. The largest absolute Gasteiger partial charge is 0.464 e. The van der Waals surface area contributed by atoms with Gasteiger partial charge in [-0.3, -0.25) is 9.59 Å². The lowest BCUT2D eigenvalue weighted by Crippen LogP contribution is -2.31. The van der Waals surface area contributed by atoms with Crippen LogP contribution in [-0.4, -0.2) is 35.4 Å². The van der Waals surface area contributed by atoms with Gasteiger partial charge in [0.15, 0.2) is 5.78 Å². The molecule has 0 bridgehead atoms. The number of aliphatic hydroxyl groups is 1. The van der Waals surface area contributed by atoms with E-state index in [1.165, 1.54) is 0 Å². The molecule has 1 fully saturated rings. The maximum Gasteiger partial charge on any atom is 0.342 e. The average Bonchev–Trinajstić information content (AvgIpc) is 3.09. The lowest BCUT2D eigenvalue weighted by atomic mass is 9.90. The number of unbranched alkanes of at least 4 members (excludes halogenated alkanes) is 1. The van der Waals surface area contributed by atoms with E-state index in [4.69, 9.17) is 6.42 Å². The van der Waals surface area contributed by atoms with Gasteiger partial charge in [0.25, 0.3) is 0 Å². The zero-order valence-electron chi connectivity index (χ0n) is 18.3. The highest BCUT2D eigenvalue weighted by Gasteiger charge is 2.31. The van der Waals surface area contributed by atoms with Crippen LogP contribution in [0, 0.1) is 30.1 Å². The highest BCUT2D eigenvalue weighted by atomic mass is 16.5. The molecule has 0 aromatic heterocycles. The molecular weight excluding hydrogens is 380 g/mol. The molecule has 166 valence electrons. The SMILES string of the molecule is C#C[C@H](CC=C[C@H]1CCC(=O)[C@@H]1CC=CCCC(=O)C(O)C(=O)OCC)CCCC. The van der Waals surface area contributed by atoms with Crippen molar-refractivity contribution in [1.29, 1.82) is 0 Å². The zero-order chi connectivity index (χ0) is 22.4. The number of carbonyl (C=O) groups is 3. The first-order chi connectivity index (χ1) is 14.4. The molecule has 1 saturated carbocycles. The summed E-state index contributed by atoms with van der Waals surface area (Å²) in [5, 5.41) is 9.59. The molecule has 4 atom stereocenters. The molecule has 5 nitrogen and oxygen atoms in total. The van der Waals surface area contributed by atoms with Gasteiger partial charge in [-0.15, -0.1) is 12.3 Å². The van der Waals surface area contributed by atoms with E-state index in [-0.39, 0.29) is 36.6 Å². The molecule has 1 rings (SSSR count). The van der Waals surface area contributed by atoms with Crippen molar-refractivity contribution in [3.63, 3.8) is 0 Å². The van der Waals surface area contributed by atoms with E-state index in [2.05, 4.69) is 29.7 Å². The van der Waals surface area contributed by atoms with Gasteiger partial charge in [0, 0.05) is 24.7 Å². The third-order valence-electron chi connectivity index (χ3n) is 5.53. The summed E-state index contributed by atoms with van der Waals surface area (Å²) in [5.74, 6) is 2.15. The van der Waals surface area contributed by atoms with Crippen LogP contribution < -0.4 is 0 Å². The van der Waals surface area contributed by atoms with Gasteiger partial charge >= 0.3 is 5.97 Å². The number of ketones is 2. The molecule has 1 N–H and O–H groups in total. The molecule has 0 aromatic carbocycles. The number of ether oxygens (including phenoxy) is 1. The lowest BCUT2D eigenvalue weighted by Gasteiger charge is -2.13. The van der Waals surface area contributed by atoms with E-state index in [0.717, 1.165) is 32.1 Å². The van der Waals surface area contributed by atoms with Crippen molar-refractivity contribution in [2.24, 2.45) is 17.8 Å². The number of carbonyl (C=O) groups excluding carboxylic acids is 3. The Kier molecular flexibility index (Phi) is 12.7. The van der Waals surface area contributed by atoms with Crippen LogP contribution in [0.5, 0.6) is 0 Å². The Hall–Kier alpha value is -2.19. The van der Waals surface area contributed by atoms with Crippen molar-refractivity contribution < 1.29 is 24.2 Å². The number of allylic oxidation sites excluding steroid dienone is 4. The fourth-order valence-electron chi connectivity index (χ4n) is 3.68. The third-order valence-corrected chi connectivity index (χ3v) is 5.53. The molecular formula is C25H36O5. The second-order valence-electron chi connectivity index (χ2n) is 7.81. The zero-order valence-corrected chi connectivity index (χ0v) is 18.3. The molecule has 5 heteroatoms. The van der Waals surface area contributed by atoms with Crippen LogP contribution in [0.2, 0.25) is 0 Å². The van der Waals surface area contributed by atoms with E-state index < -0.39 is 17.9 Å². The van der Waals surface area contributed by atoms with Crippen molar-refractivity contribution in [2.75, 3.05) is 6.61 Å². The Balaban J connectivity index is 2.44. The third kappa shape index (κ3) is 9.09. The van der Waals surface area contributed by atoms with Gasteiger partial charge in [-0.2, -0.15) is 0 Å². The summed E-state index contributed by atoms with van der Waals surface area (Å²) in [5.41, 5.74) is 0. The van der Waals surface area contributed by atoms with Crippen LogP contribution >= 0.6 is 0 Å².